The highest BCUT2D eigenvalue weighted by Gasteiger charge is 2.23. The summed E-state index contributed by atoms with van der Waals surface area (Å²) in [7, 11) is 3.03. The Hall–Kier alpha value is -4.38. The molecule has 1 heterocycles. The van der Waals surface area contributed by atoms with Gasteiger partial charge in [-0.3, -0.25) is 19.5 Å². The maximum absolute atomic E-state index is 13.1. The topological polar surface area (TPSA) is 121 Å². The molecule has 4 aromatic rings. The minimum Gasteiger partial charge on any atom is -0.497 e. The number of amides is 1. The molecule has 1 N–H and O–H groups in total. The largest absolute Gasteiger partial charge is 0.497 e. The van der Waals surface area contributed by atoms with Crippen LogP contribution in [0.5, 0.6) is 11.5 Å². The number of hydrogen-bond acceptors (Lipinski definition) is 8. The van der Waals surface area contributed by atoms with E-state index in [9.17, 15) is 14.9 Å². The van der Waals surface area contributed by atoms with Crippen LogP contribution in [0.25, 0.3) is 5.69 Å². The molecule has 10 nitrogen and oxygen atoms in total. The smallest absolute Gasteiger partial charge is 0.269 e. The van der Waals surface area contributed by atoms with E-state index in [1.807, 2.05) is 29.7 Å². The number of nitrogens with one attached hydrogen (secondary N) is 1. The SMILES string of the molecule is COc1cc(OC)cc(C(=O)NC(C)c2nnc(SCc3ccccc3C)n2-c2ccc([N+](=O)[O-])cc2)c1. The van der Waals surface area contributed by atoms with Crippen molar-refractivity contribution in [2.45, 2.75) is 30.8 Å². The maximum Gasteiger partial charge on any atom is 0.269 e. The second-order valence-corrected chi connectivity index (χ2v) is 9.40. The van der Waals surface area contributed by atoms with Crippen LogP contribution in [-0.4, -0.2) is 39.8 Å². The van der Waals surface area contributed by atoms with E-state index in [2.05, 4.69) is 21.6 Å². The zero-order valence-electron chi connectivity index (χ0n) is 21.4. The summed E-state index contributed by atoms with van der Waals surface area (Å²) >= 11 is 1.49. The molecular weight excluding hydrogens is 506 g/mol. The molecule has 0 radical (unpaired) electrons. The van der Waals surface area contributed by atoms with Crippen LogP contribution in [0.15, 0.2) is 71.9 Å². The Morgan fingerprint density at radius 3 is 2.32 bits per heavy atom. The number of nitro benzene ring substituents is 1. The highest BCUT2D eigenvalue weighted by molar-refractivity contribution is 7.98. The third-order valence-corrected chi connectivity index (χ3v) is 6.92. The van der Waals surface area contributed by atoms with Gasteiger partial charge in [-0.1, -0.05) is 36.0 Å². The lowest BCUT2D eigenvalue weighted by atomic mass is 10.1. The Balaban J connectivity index is 1.66. The number of nitrogens with zero attached hydrogens (tertiary/aromatic N) is 4. The van der Waals surface area contributed by atoms with Gasteiger partial charge in [0.25, 0.3) is 11.6 Å². The third-order valence-electron chi connectivity index (χ3n) is 5.94. The van der Waals surface area contributed by atoms with Gasteiger partial charge in [0, 0.05) is 35.2 Å². The Kier molecular flexibility index (Phi) is 8.27. The summed E-state index contributed by atoms with van der Waals surface area (Å²) in [5.74, 6) is 1.77. The van der Waals surface area contributed by atoms with E-state index >= 15 is 0 Å². The van der Waals surface area contributed by atoms with Gasteiger partial charge in [0.2, 0.25) is 0 Å². The number of aromatic nitrogens is 3. The van der Waals surface area contributed by atoms with Crippen molar-refractivity contribution in [3.8, 4) is 17.2 Å². The number of nitro groups is 1. The lowest BCUT2D eigenvalue weighted by Crippen LogP contribution is -2.28. The van der Waals surface area contributed by atoms with Crippen LogP contribution in [0.2, 0.25) is 0 Å². The molecule has 4 rings (SSSR count). The van der Waals surface area contributed by atoms with Gasteiger partial charge in [-0.25, -0.2) is 0 Å². The van der Waals surface area contributed by atoms with Gasteiger partial charge in [0.1, 0.15) is 11.5 Å². The van der Waals surface area contributed by atoms with Gasteiger partial charge in [-0.2, -0.15) is 0 Å². The van der Waals surface area contributed by atoms with Crippen molar-refractivity contribution >= 4 is 23.4 Å². The number of carbonyl (C=O) groups excluding carboxylic acids is 1. The average molecular weight is 534 g/mol. The fourth-order valence-corrected chi connectivity index (χ4v) is 4.85. The predicted octanol–water partition coefficient (Wildman–Crippen LogP) is 5.28. The van der Waals surface area contributed by atoms with Crippen LogP contribution in [0.1, 0.15) is 40.3 Å². The molecule has 11 heteroatoms. The first-order chi connectivity index (χ1) is 18.3. The molecule has 0 aliphatic rings. The lowest BCUT2D eigenvalue weighted by Gasteiger charge is -2.17. The van der Waals surface area contributed by atoms with Crippen LogP contribution in [0.3, 0.4) is 0 Å². The minimum atomic E-state index is -0.546. The van der Waals surface area contributed by atoms with Gasteiger partial charge in [0.15, 0.2) is 11.0 Å². The Morgan fingerprint density at radius 2 is 1.71 bits per heavy atom. The van der Waals surface area contributed by atoms with E-state index in [1.54, 1.807) is 37.3 Å². The van der Waals surface area contributed by atoms with Crippen molar-refractivity contribution in [3.63, 3.8) is 0 Å². The van der Waals surface area contributed by atoms with Crippen molar-refractivity contribution < 1.29 is 19.2 Å². The van der Waals surface area contributed by atoms with Gasteiger partial charge in [-0.05, 0) is 49.2 Å². The summed E-state index contributed by atoms with van der Waals surface area (Å²) in [6.07, 6.45) is 0. The fourth-order valence-electron chi connectivity index (χ4n) is 3.82. The fraction of sp³-hybridized carbons (Fsp3) is 0.222. The van der Waals surface area contributed by atoms with E-state index in [0.29, 0.717) is 39.5 Å². The summed E-state index contributed by atoms with van der Waals surface area (Å²) in [5.41, 5.74) is 3.31. The van der Waals surface area contributed by atoms with Crippen molar-refractivity contribution in [1.29, 1.82) is 0 Å². The number of benzene rings is 3. The first kappa shape index (κ1) is 26.7. The summed E-state index contributed by atoms with van der Waals surface area (Å²) in [5, 5.41) is 23.5. The van der Waals surface area contributed by atoms with E-state index < -0.39 is 11.0 Å². The molecule has 0 bridgehead atoms. The molecule has 0 fully saturated rings. The second kappa shape index (κ2) is 11.8. The van der Waals surface area contributed by atoms with Crippen molar-refractivity contribution in [1.82, 2.24) is 20.1 Å². The Morgan fingerprint density at radius 1 is 1.05 bits per heavy atom. The molecule has 38 heavy (non-hydrogen) atoms. The molecule has 0 aliphatic carbocycles. The zero-order chi connectivity index (χ0) is 27.2. The Bertz CT molecular complexity index is 1430. The summed E-state index contributed by atoms with van der Waals surface area (Å²) in [4.78, 5) is 23.9. The minimum absolute atomic E-state index is 0.0224. The predicted molar refractivity (Wildman–Crippen MR) is 144 cm³/mol. The summed E-state index contributed by atoms with van der Waals surface area (Å²) in [6, 6.07) is 18.6. The molecule has 1 unspecified atom stereocenters. The molecule has 1 aromatic heterocycles. The van der Waals surface area contributed by atoms with Crippen molar-refractivity contribution in [2.24, 2.45) is 0 Å². The van der Waals surface area contributed by atoms with Gasteiger partial charge < -0.3 is 14.8 Å². The van der Waals surface area contributed by atoms with Gasteiger partial charge in [0.05, 0.1) is 25.2 Å². The van der Waals surface area contributed by atoms with Crippen LogP contribution < -0.4 is 14.8 Å². The highest BCUT2D eigenvalue weighted by atomic mass is 32.2. The first-order valence-corrected chi connectivity index (χ1v) is 12.7. The van der Waals surface area contributed by atoms with Crippen molar-refractivity contribution in [3.05, 3.63) is 99.4 Å². The number of hydrogen-bond donors (Lipinski definition) is 1. The Labute approximate surface area is 224 Å². The molecular formula is C27H27N5O5S. The normalized spacial score (nSPS) is 11.6. The van der Waals surface area contributed by atoms with Crippen LogP contribution >= 0.6 is 11.8 Å². The molecule has 0 spiro atoms. The molecule has 0 aliphatic heterocycles. The number of non-ortho nitro benzene ring substituents is 1. The van der Waals surface area contributed by atoms with Crippen LogP contribution in [0.4, 0.5) is 5.69 Å². The number of thioether (sulfide) groups is 1. The summed E-state index contributed by atoms with van der Waals surface area (Å²) < 4.78 is 12.4. The highest BCUT2D eigenvalue weighted by Crippen LogP contribution is 2.30. The first-order valence-electron chi connectivity index (χ1n) is 11.7. The van der Waals surface area contributed by atoms with E-state index in [0.717, 1.165) is 11.1 Å². The van der Waals surface area contributed by atoms with E-state index in [1.165, 1.54) is 38.1 Å². The third kappa shape index (κ3) is 5.94. The molecule has 3 aromatic carbocycles. The monoisotopic (exact) mass is 533 g/mol. The van der Waals surface area contributed by atoms with E-state index in [4.69, 9.17) is 9.47 Å². The quantitative estimate of drug-likeness (QED) is 0.166. The van der Waals surface area contributed by atoms with Crippen molar-refractivity contribution in [2.75, 3.05) is 14.2 Å². The molecule has 196 valence electrons. The number of carbonyl (C=O) groups is 1. The lowest BCUT2D eigenvalue weighted by molar-refractivity contribution is -0.384. The van der Waals surface area contributed by atoms with Gasteiger partial charge in [-0.15, -0.1) is 10.2 Å². The standard InChI is InChI=1S/C27H27N5O5S/c1-17-7-5-6-8-19(17)16-38-27-30-29-25(31(27)21-9-11-22(12-10-21)32(34)35)18(2)28-26(33)20-13-23(36-3)15-24(14-20)37-4/h5-15,18H,16H2,1-4H3,(H,28,33). The second-order valence-electron chi connectivity index (χ2n) is 8.46. The van der Waals surface area contributed by atoms with Crippen LogP contribution in [0, 0.1) is 17.0 Å². The number of ether oxygens (including phenoxy) is 2. The molecule has 1 atom stereocenters. The number of rotatable bonds is 10. The number of aryl methyl sites for hydroxylation is 1. The van der Waals surface area contributed by atoms with Gasteiger partial charge >= 0.3 is 0 Å². The molecule has 1 amide bonds. The van der Waals surface area contributed by atoms with Crippen LogP contribution in [-0.2, 0) is 5.75 Å². The summed E-state index contributed by atoms with van der Waals surface area (Å²) in [6.45, 7) is 3.85. The zero-order valence-corrected chi connectivity index (χ0v) is 22.2. The average Bonchev–Trinajstić information content (AvgIpc) is 3.36. The molecule has 0 saturated carbocycles. The number of methoxy groups -OCH3 is 2. The molecule has 0 saturated heterocycles. The van der Waals surface area contributed by atoms with E-state index in [-0.39, 0.29) is 11.6 Å². The maximum atomic E-state index is 13.1.